The molecule has 0 aromatic heterocycles. The molecule has 0 heterocycles. The highest BCUT2D eigenvalue weighted by Crippen LogP contribution is 2.34. The second kappa shape index (κ2) is 4.96. The summed E-state index contributed by atoms with van der Waals surface area (Å²) in [6.45, 7) is -0.395. The van der Waals surface area contributed by atoms with E-state index in [1.807, 2.05) is 0 Å². The lowest BCUT2D eigenvalue weighted by Gasteiger charge is -2.07. The number of para-hydroxylation sites is 1. The molecule has 0 bridgehead atoms. The lowest BCUT2D eigenvalue weighted by Crippen LogP contribution is -2.13. The minimum absolute atomic E-state index is 0.0837. The van der Waals surface area contributed by atoms with Gasteiger partial charge in [-0.1, -0.05) is 6.07 Å². The fourth-order valence-corrected chi connectivity index (χ4v) is 1.19. The summed E-state index contributed by atoms with van der Waals surface area (Å²) in [5.41, 5.74) is -0.155. The second-order valence-electron chi connectivity index (χ2n) is 2.86. The number of benzene rings is 1. The van der Waals surface area contributed by atoms with Gasteiger partial charge in [-0.3, -0.25) is 14.9 Å². The van der Waals surface area contributed by atoms with Gasteiger partial charge in [-0.05, 0) is 12.1 Å². The summed E-state index contributed by atoms with van der Waals surface area (Å²) in [6.07, 6.45) is 0. The Labute approximate surface area is 90.8 Å². The number of ether oxygens (including phenoxy) is 1. The number of methoxy groups -OCH3 is 1. The maximum Gasteiger partial charge on any atom is 0.333 e. The number of nitrogens with zero attached hydrogens (tertiary/aromatic N) is 1. The highest BCUT2D eigenvalue weighted by Gasteiger charge is 2.20. The first-order valence-electron chi connectivity index (χ1n) is 4.33. The second-order valence-corrected chi connectivity index (χ2v) is 2.86. The molecule has 1 aromatic carbocycles. The zero-order valence-corrected chi connectivity index (χ0v) is 8.47. The summed E-state index contributed by atoms with van der Waals surface area (Å²) in [4.78, 5) is 20.5. The third kappa shape index (κ3) is 2.59. The van der Waals surface area contributed by atoms with Crippen LogP contribution in [-0.4, -0.2) is 29.7 Å². The quantitative estimate of drug-likeness (QED) is 0.575. The van der Waals surface area contributed by atoms with Crippen LogP contribution in [0, 0.1) is 10.1 Å². The Hall–Kier alpha value is -2.31. The minimum atomic E-state index is -1.10. The average Bonchev–Trinajstić information content (AvgIpc) is 2.25. The first-order valence-corrected chi connectivity index (χ1v) is 4.33. The molecule has 0 amide bonds. The van der Waals surface area contributed by atoms with Crippen LogP contribution in [0.25, 0.3) is 0 Å². The molecule has 1 aromatic rings. The predicted octanol–water partition coefficient (Wildman–Crippen LogP) is 1.10. The van der Waals surface area contributed by atoms with Gasteiger partial charge in [0, 0.05) is 0 Å². The molecule has 86 valence electrons. The highest BCUT2D eigenvalue weighted by atomic mass is 16.6. The molecular weight excluding hydrogens is 216 g/mol. The van der Waals surface area contributed by atoms with Crippen LogP contribution in [-0.2, 0) is 4.79 Å². The van der Waals surface area contributed by atoms with E-state index in [1.165, 1.54) is 25.3 Å². The van der Waals surface area contributed by atoms with Gasteiger partial charge in [0.1, 0.15) is 12.2 Å². The van der Waals surface area contributed by atoms with E-state index in [-0.39, 0.29) is 17.1 Å². The van der Waals surface area contributed by atoms with Crippen molar-refractivity contribution in [3.05, 3.63) is 28.3 Å². The zero-order valence-electron chi connectivity index (χ0n) is 8.47. The Kier molecular flexibility index (Phi) is 3.65. The molecule has 0 aliphatic carbocycles. The van der Waals surface area contributed by atoms with E-state index in [0.717, 1.165) is 0 Å². The number of aliphatic carboxylic acids is 1. The number of nitro groups is 1. The van der Waals surface area contributed by atoms with Crippen LogP contribution in [0.15, 0.2) is 18.2 Å². The monoisotopic (exact) mass is 226 g/mol. The maximum atomic E-state index is 10.8. The van der Waals surface area contributed by atoms with E-state index in [0.29, 0.717) is 0 Å². The van der Waals surface area contributed by atoms with Gasteiger partial charge in [-0.15, -0.1) is 0 Å². The smallest absolute Gasteiger partial charge is 0.333 e. The van der Waals surface area contributed by atoms with Crippen molar-refractivity contribution in [1.82, 2.24) is 0 Å². The van der Waals surface area contributed by atoms with Crippen LogP contribution < -0.4 is 10.1 Å². The van der Waals surface area contributed by atoms with Gasteiger partial charge in [-0.2, -0.15) is 0 Å². The first kappa shape index (κ1) is 11.8. The van der Waals surface area contributed by atoms with Crippen molar-refractivity contribution in [2.45, 2.75) is 0 Å². The Morgan fingerprint density at radius 1 is 1.62 bits per heavy atom. The van der Waals surface area contributed by atoms with E-state index in [4.69, 9.17) is 9.84 Å². The molecule has 0 aliphatic heterocycles. The Morgan fingerprint density at radius 2 is 2.31 bits per heavy atom. The number of carboxylic acid groups (broad SMARTS) is 1. The Morgan fingerprint density at radius 3 is 2.81 bits per heavy atom. The molecule has 7 heteroatoms. The average molecular weight is 226 g/mol. The fourth-order valence-electron chi connectivity index (χ4n) is 1.19. The number of hydrogen-bond acceptors (Lipinski definition) is 5. The van der Waals surface area contributed by atoms with Gasteiger partial charge in [0.15, 0.2) is 5.75 Å². The summed E-state index contributed by atoms with van der Waals surface area (Å²) in [5.74, 6) is -1.02. The zero-order chi connectivity index (χ0) is 12.1. The van der Waals surface area contributed by atoms with Crippen molar-refractivity contribution < 1.29 is 19.6 Å². The minimum Gasteiger partial charge on any atom is -0.490 e. The lowest BCUT2D eigenvalue weighted by atomic mass is 10.2. The largest absolute Gasteiger partial charge is 0.490 e. The molecule has 0 aliphatic rings. The summed E-state index contributed by atoms with van der Waals surface area (Å²) in [5, 5.41) is 21.7. The fraction of sp³-hybridized carbons (Fsp3) is 0.222. The number of nitrogens with one attached hydrogen (secondary N) is 1. The molecule has 0 fully saturated rings. The van der Waals surface area contributed by atoms with Crippen LogP contribution in [0.4, 0.5) is 11.4 Å². The van der Waals surface area contributed by atoms with Gasteiger partial charge in [0.2, 0.25) is 0 Å². The summed E-state index contributed by atoms with van der Waals surface area (Å²) >= 11 is 0. The molecule has 7 nitrogen and oxygen atoms in total. The van der Waals surface area contributed by atoms with E-state index in [2.05, 4.69) is 5.32 Å². The highest BCUT2D eigenvalue weighted by molar-refractivity contribution is 5.76. The molecule has 0 saturated heterocycles. The summed E-state index contributed by atoms with van der Waals surface area (Å²) in [6, 6.07) is 4.39. The van der Waals surface area contributed by atoms with Crippen molar-refractivity contribution in [3.63, 3.8) is 0 Å². The standard InChI is InChI=1S/C9H10N2O5/c1-16-7-4-2-3-6(9(7)11(14)15)10-5-8(12)13/h2-4,10H,5H2,1H3,(H,12,13). The molecule has 0 spiro atoms. The SMILES string of the molecule is COc1cccc(NCC(=O)O)c1[N+](=O)[O-]. The van der Waals surface area contributed by atoms with Crippen molar-refractivity contribution in [2.24, 2.45) is 0 Å². The summed E-state index contributed by atoms with van der Waals surface area (Å²) < 4.78 is 4.83. The van der Waals surface area contributed by atoms with Crippen LogP contribution in [0.1, 0.15) is 0 Å². The molecule has 0 radical (unpaired) electrons. The van der Waals surface area contributed by atoms with Crippen molar-refractivity contribution in [1.29, 1.82) is 0 Å². The maximum absolute atomic E-state index is 10.8. The third-order valence-corrected chi connectivity index (χ3v) is 1.83. The number of nitro benzene ring substituents is 1. The van der Waals surface area contributed by atoms with Crippen molar-refractivity contribution in [2.75, 3.05) is 19.0 Å². The van der Waals surface area contributed by atoms with Gasteiger partial charge in [0.05, 0.1) is 12.0 Å². The molecule has 2 N–H and O–H groups in total. The number of rotatable bonds is 5. The number of carbonyl (C=O) groups is 1. The van der Waals surface area contributed by atoms with Gasteiger partial charge < -0.3 is 15.2 Å². The Balaban J connectivity index is 3.07. The van der Waals surface area contributed by atoms with E-state index in [9.17, 15) is 14.9 Å². The third-order valence-electron chi connectivity index (χ3n) is 1.83. The molecule has 0 atom stereocenters. The molecule has 16 heavy (non-hydrogen) atoms. The van der Waals surface area contributed by atoms with Crippen LogP contribution in [0.5, 0.6) is 5.75 Å². The van der Waals surface area contributed by atoms with Crippen molar-refractivity contribution >= 4 is 17.3 Å². The van der Waals surface area contributed by atoms with Gasteiger partial charge >= 0.3 is 11.7 Å². The molecule has 1 rings (SSSR count). The first-order chi connectivity index (χ1) is 7.56. The molecular formula is C9H10N2O5. The van der Waals surface area contributed by atoms with Gasteiger partial charge in [0.25, 0.3) is 0 Å². The molecule has 0 unspecified atom stereocenters. The lowest BCUT2D eigenvalue weighted by molar-refractivity contribution is -0.384. The van der Waals surface area contributed by atoms with Crippen LogP contribution in [0.3, 0.4) is 0 Å². The van der Waals surface area contributed by atoms with Crippen LogP contribution >= 0.6 is 0 Å². The van der Waals surface area contributed by atoms with E-state index >= 15 is 0 Å². The number of anilines is 1. The van der Waals surface area contributed by atoms with E-state index < -0.39 is 17.4 Å². The van der Waals surface area contributed by atoms with Crippen molar-refractivity contribution in [3.8, 4) is 5.75 Å². The number of carboxylic acids is 1. The van der Waals surface area contributed by atoms with Gasteiger partial charge in [-0.25, -0.2) is 0 Å². The normalized spacial score (nSPS) is 9.56. The Bertz CT molecular complexity index is 418. The van der Waals surface area contributed by atoms with E-state index in [1.54, 1.807) is 0 Å². The summed E-state index contributed by atoms with van der Waals surface area (Å²) in [7, 11) is 1.31. The predicted molar refractivity (Wildman–Crippen MR) is 55.8 cm³/mol. The van der Waals surface area contributed by atoms with Crippen LogP contribution in [0.2, 0.25) is 0 Å². The number of hydrogen-bond donors (Lipinski definition) is 2. The topological polar surface area (TPSA) is 102 Å². The molecule has 0 saturated carbocycles.